The van der Waals surface area contributed by atoms with E-state index in [1.165, 1.54) is 20.8 Å². The van der Waals surface area contributed by atoms with Crippen molar-refractivity contribution in [3.05, 3.63) is 35.9 Å². The zero-order valence-electron chi connectivity index (χ0n) is 35.4. The van der Waals surface area contributed by atoms with E-state index in [1.807, 2.05) is 63.2 Å². The molecule has 3 heterocycles. The average Bonchev–Trinajstić information content (AvgIpc) is 3.17. The third-order valence-electron chi connectivity index (χ3n) is 11.5. The maximum Gasteiger partial charge on any atom is 0.316 e. The Hall–Kier alpha value is -3.55. The summed E-state index contributed by atoms with van der Waals surface area (Å²) < 4.78 is 32.3. The van der Waals surface area contributed by atoms with Crippen molar-refractivity contribution in [3.63, 3.8) is 0 Å². The molecule has 3 aliphatic rings. The molecule has 3 fully saturated rings. The van der Waals surface area contributed by atoms with Gasteiger partial charge in [0.1, 0.15) is 29.4 Å². The molecular formula is C43H63N3O11. The van der Waals surface area contributed by atoms with Crippen molar-refractivity contribution in [1.29, 1.82) is 0 Å². The number of aliphatic hydroxyl groups is 2. The molecule has 4 rings (SSSR count). The van der Waals surface area contributed by atoms with Crippen LogP contribution in [-0.2, 0) is 42.9 Å². The smallest absolute Gasteiger partial charge is 0.316 e. The molecule has 1 amide bonds. The number of rotatable bonds is 6. The second kappa shape index (κ2) is 19.9. The Kier molecular flexibility index (Phi) is 16.1. The van der Waals surface area contributed by atoms with Gasteiger partial charge in [0.25, 0.3) is 0 Å². The first-order valence-corrected chi connectivity index (χ1v) is 20.0. The van der Waals surface area contributed by atoms with Crippen molar-refractivity contribution in [2.24, 2.45) is 33.8 Å². The highest BCUT2D eigenvalue weighted by molar-refractivity contribution is 6.00. The van der Waals surface area contributed by atoms with Gasteiger partial charge in [0.15, 0.2) is 18.7 Å². The van der Waals surface area contributed by atoms with E-state index >= 15 is 0 Å². The van der Waals surface area contributed by atoms with Gasteiger partial charge in [-0.2, -0.15) is 0 Å². The van der Waals surface area contributed by atoms with Crippen molar-refractivity contribution in [1.82, 2.24) is 4.90 Å². The van der Waals surface area contributed by atoms with Crippen molar-refractivity contribution in [3.8, 4) is 11.8 Å². The number of hydrogen-bond donors (Lipinski definition) is 2. The lowest BCUT2D eigenvalue weighted by Gasteiger charge is -2.47. The van der Waals surface area contributed by atoms with Crippen LogP contribution < -0.4 is 0 Å². The monoisotopic (exact) mass is 797 g/mol. The predicted molar refractivity (Wildman–Crippen MR) is 213 cm³/mol. The molecule has 0 aromatic heterocycles. The Morgan fingerprint density at radius 1 is 1.05 bits per heavy atom. The minimum atomic E-state index is -1.84. The second-order valence-corrected chi connectivity index (χ2v) is 16.5. The highest BCUT2D eigenvalue weighted by atomic mass is 16.7. The molecule has 3 saturated heterocycles. The van der Waals surface area contributed by atoms with Crippen LogP contribution in [0.25, 0.3) is 0 Å². The van der Waals surface area contributed by atoms with Gasteiger partial charge in [0.2, 0.25) is 5.91 Å². The van der Waals surface area contributed by atoms with Crippen LogP contribution >= 0.6 is 0 Å². The number of ketones is 1. The number of ether oxygens (including phenoxy) is 5. The van der Waals surface area contributed by atoms with Gasteiger partial charge in [-0.1, -0.05) is 62.9 Å². The molecule has 1 aromatic carbocycles. The number of nitrogens with zero attached hydrogens (tertiary/aromatic N) is 3. The molecule has 0 aliphatic carbocycles. The minimum Gasteiger partial charge on any atom is -0.459 e. The first kappa shape index (κ1) is 46.1. The number of cyclic esters (lactones) is 1. The third kappa shape index (κ3) is 11.4. The number of amides is 1. The predicted octanol–water partition coefficient (Wildman–Crippen LogP) is 3.97. The summed E-state index contributed by atoms with van der Waals surface area (Å²) in [6, 6.07) is 9.12. The lowest BCUT2D eigenvalue weighted by Crippen LogP contribution is -2.60. The molecule has 0 saturated carbocycles. The molecule has 316 valence electrons. The standard InChI is InChI=1S/C43H63N3O11/c1-12-34-43(9,51)39-27(4)35(44-30(7)47)25(2)22-42(8,53-24-32(23-52-39)45-54-20-16-19-31-17-14-13-15-18-31)38(28(5)36(48)29(6)40(50)56-34)57-41-37(49)33(46(10)11)21-26(3)55-41/h13-15,17-18,25-29,33-34,37-39,41,49,51H,12,20-24H2,1-11H3/b44-35?,45-32-/t25-,26-,27+,28+,29-,33+,34-,37-,38-,39-,41+,42+,43-/m1/s1. The normalized spacial score (nSPS) is 38.7. The molecule has 13 atom stereocenters. The Balaban J connectivity index is 1.91. The Labute approximate surface area is 337 Å². The van der Waals surface area contributed by atoms with Gasteiger partial charge < -0.3 is 43.6 Å². The Morgan fingerprint density at radius 3 is 2.37 bits per heavy atom. The molecule has 14 nitrogen and oxygen atoms in total. The molecule has 0 radical (unpaired) electrons. The largest absolute Gasteiger partial charge is 0.459 e. The lowest BCUT2D eigenvalue weighted by molar-refractivity contribution is -0.296. The van der Waals surface area contributed by atoms with Gasteiger partial charge in [0.05, 0.1) is 37.1 Å². The molecule has 3 aliphatic heterocycles. The number of oxime groups is 1. The maximum atomic E-state index is 14.4. The molecule has 2 N–H and O–H groups in total. The Morgan fingerprint density at radius 2 is 1.74 bits per heavy atom. The number of likely N-dealkylation sites (N-methyl/N-ethyl adjacent to an activating group) is 1. The summed E-state index contributed by atoms with van der Waals surface area (Å²) in [5.41, 5.74) is -1.72. The van der Waals surface area contributed by atoms with E-state index in [1.54, 1.807) is 27.7 Å². The minimum absolute atomic E-state index is 0.0508. The number of carbonyl (C=O) groups excluding carboxylic acids is 3. The summed E-state index contributed by atoms with van der Waals surface area (Å²) in [7, 11) is 3.73. The number of fused-ring (bicyclic) bond motifs is 5. The van der Waals surface area contributed by atoms with E-state index in [2.05, 4.69) is 22.0 Å². The molecule has 57 heavy (non-hydrogen) atoms. The highest BCUT2D eigenvalue weighted by Gasteiger charge is 2.53. The van der Waals surface area contributed by atoms with E-state index in [4.69, 9.17) is 28.5 Å². The number of esters is 1. The van der Waals surface area contributed by atoms with Crippen molar-refractivity contribution >= 4 is 29.1 Å². The quantitative estimate of drug-likeness (QED) is 0.140. The van der Waals surface area contributed by atoms with Crippen LogP contribution in [0, 0.1) is 35.5 Å². The molecule has 0 unspecified atom stereocenters. The fraction of sp³-hybridized carbons (Fsp3) is 0.698. The summed E-state index contributed by atoms with van der Waals surface area (Å²) in [6.07, 6.45) is -5.06. The van der Waals surface area contributed by atoms with Gasteiger partial charge in [-0.3, -0.25) is 14.4 Å². The molecule has 0 spiro atoms. The number of aliphatic imine (C=N–C) groups is 1. The van der Waals surface area contributed by atoms with Crippen molar-refractivity contribution in [2.75, 3.05) is 33.9 Å². The molecule has 14 heteroatoms. The van der Waals surface area contributed by atoms with Crippen molar-refractivity contribution < 1.29 is 53.1 Å². The summed E-state index contributed by atoms with van der Waals surface area (Å²) in [5.74, 6) is 0.687. The van der Waals surface area contributed by atoms with Gasteiger partial charge in [-0.25, -0.2) is 4.99 Å². The zero-order valence-corrected chi connectivity index (χ0v) is 35.4. The molecule has 2 bridgehead atoms. The van der Waals surface area contributed by atoms with Crippen LogP contribution in [0.3, 0.4) is 0 Å². The van der Waals surface area contributed by atoms with E-state index in [-0.39, 0.29) is 50.5 Å². The second-order valence-electron chi connectivity index (χ2n) is 16.5. The zero-order chi connectivity index (χ0) is 42.2. The van der Waals surface area contributed by atoms with Crippen molar-refractivity contribution in [2.45, 2.75) is 136 Å². The number of carbonyl (C=O) groups is 3. The van der Waals surface area contributed by atoms with Crippen LogP contribution in [0.5, 0.6) is 0 Å². The number of Topliss-reactive ketones (excluding diaryl/α,β-unsaturated/α-hetero) is 1. The van der Waals surface area contributed by atoms with E-state index in [9.17, 15) is 24.6 Å². The maximum absolute atomic E-state index is 14.4. The van der Waals surface area contributed by atoms with Crippen LogP contribution in [0.15, 0.2) is 40.5 Å². The van der Waals surface area contributed by atoms with E-state index < -0.39 is 83.2 Å². The summed E-state index contributed by atoms with van der Waals surface area (Å²) in [6.45, 7) is 14.7. The van der Waals surface area contributed by atoms with E-state index in [0.29, 0.717) is 12.1 Å². The first-order valence-electron chi connectivity index (χ1n) is 20.0. The van der Waals surface area contributed by atoms with Gasteiger partial charge >= 0.3 is 5.97 Å². The van der Waals surface area contributed by atoms with Crippen LogP contribution in [0.2, 0.25) is 0 Å². The van der Waals surface area contributed by atoms with Crippen LogP contribution in [0.1, 0.15) is 87.1 Å². The van der Waals surface area contributed by atoms with E-state index in [0.717, 1.165) is 5.56 Å². The average molecular weight is 798 g/mol. The number of benzene rings is 1. The lowest BCUT2D eigenvalue weighted by atomic mass is 9.73. The summed E-state index contributed by atoms with van der Waals surface area (Å²) >= 11 is 0. The van der Waals surface area contributed by atoms with Gasteiger partial charge in [-0.15, -0.1) is 0 Å². The van der Waals surface area contributed by atoms with Gasteiger partial charge in [0, 0.05) is 36.1 Å². The Bertz CT molecular complexity index is 1670. The number of hydrogen-bond acceptors (Lipinski definition) is 13. The fourth-order valence-corrected chi connectivity index (χ4v) is 8.42. The third-order valence-corrected chi connectivity index (χ3v) is 11.5. The van der Waals surface area contributed by atoms with Crippen LogP contribution in [0.4, 0.5) is 0 Å². The fourth-order valence-electron chi connectivity index (χ4n) is 8.42. The molecule has 1 aromatic rings. The summed E-state index contributed by atoms with van der Waals surface area (Å²) in [4.78, 5) is 53.1. The highest BCUT2D eigenvalue weighted by Crippen LogP contribution is 2.40. The summed E-state index contributed by atoms with van der Waals surface area (Å²) in [5, 5.41) is 28.3. The SMILES string of the molecule is CC[C@H]1OC(=O)[C@H](C)C(=O)[C@H](C)[C@@H](O[C@@H]2O[C@H](C)C[C@H](N(C)C)[C@H]2O)[C@]2(C)C[C@@H](C)C(=NC(C)=O)[C@H](C)[C@@H](OC/C(=N/OCC#Cc3ccccc3)CO2)[C@]1(C)O. The number of aliphatic hydroxyl groups excluding tert-OH is 1. The van der Waals surface area contributed by atoms with Gasteiger partial charge in [-0.05, 0) is 79.1 Å². The topological polar surface area (TPSA) is 175 Å². The molecular weight excluding hydrogens is 734 g/mol. The first-order chi connectivity index (χ1) is 26.8. The van der Waals surface area contributed by atoms with Crippen LogP contribution in [-0.4, -0.2) is 132 Å².